The Morgan fingerprint density at radius 2 is 0.692 bits per heavy atom. The van der Waals surface area contributed by atoms with Gasteiger partial charge >= 0.3 is 0 Å². The Morgan fingerprint density at radius 1 is 0.346 bits per heavy atom. The third-order valence-electron chi connectivity index (χ3n) is 10.5. The molecule has 4 heteroatoms. The predicted molar refractivity (Wildman–Crippen MR) is 235 cm³/mol. The fourth-order valence-electron chi connectivity index (χ4n) is 8.11. The lowest BCUT2D eigenvalue weighted by atomic mass is 9.91. The van der Waals surface area contributed by atoms with E-state index in [-0.39, 0.29) is 0 Å². The molecule has 0 heterocycles. The van der Waals surface area contributed by atoms with Crippen molar-refractivity contribution in [3.63, 3.8) is 0 Å². The van der Waals surface area contributed by atoms with Gasteiger partial charge in [-0.1, -0.05) is 135 Å². The zero-order valence-corrected chi connectivity index (χ0v) is 33.8. The summed E-state index contributed by atoms with van der Waals surface area (Å²) in [4.78, 5) is 4.98. The van der Waals surface area contributed by atoms with E-state index in [2.05, 4.69) is 209 Å². The predicted octanol–water partition coefficient (Wildman–Crippen LogP) is 13.2. The van der Waals surface area contributed by atoms with E-state index in [1.807, 2.05) is 0 Å². The Labute approximate surface area is 311 Å². The summed E-state index contributed by atoms with van der Waals surface area (Å²) in [6.45, 7) is 19.4. The first-order chi connectivity index (χ1) is 24.9. The van der Waals surface area contributed by atoms with Gasteiger partial charge in [-0.25, -0.2) is 0 Å². The van der Waals surface area contributed by atoms with Gasteiger partial charge in [-0.3, -0.25) is 0 Å². The number of rotatable bonds is 8. The van der Waals surface area contributed by atoms with Crippen molar-refractivity contribution in [2.45, 2.75) is 53.1 Å². The summed E-state index contributed by atoms with van der Waals surface area (Å²) in [5.74, 6) is 0. The maximum absolute atomic E-state index is 2.53. The van der Waals surface area contributed by atoms with Crippen molar-refractivity contribution >= 4 is 93.0 Å². The molecule has 0 saturated carbocycles. The van der Waals surface area contributed by atoms with Gasteiger partial charge in [0.05, 0.1) is 27.5 Å². The maximum atomic E-state index is 2.53. The highest BCUT2D eigenvalue weighted by atomic mass is 28.3. The number of benzene rings is 8. The highest BCUT2D eigenvalue weighted by Gasteiger charge is 2.30. The first-order valence-electron chi connectivity index (χ1n) is 18.5. The molecular weight excluding hydrogens is 661 g/mol. The van der Waals surface area contributed by atoms with Gasteiger partial charge in [0.15, 0.2) is 0 Å². The van der Waals surface area contributed by atoms with Crippen molar-refractivity contribution in [3.05, 3.63) is 157 Å². The number of nitrogens with zero attached hydrogens (tertiary/aromatic N) is 2. The van der Waals surface area contributed by atoms with Crippen molar-refractivity contribution in [2.24, 2.45) is 0 Å². The average Bonchev–Trinajstić information content (AvgIpc) is 3.11. The molecule has 0 atom stereocenters. The van der Waals surface area contributed by atoms with E-state index in [1.54, 1.807) is 0 Å². The number of hydrogen-bond donors (Lipinski definition) is 0. The van der Waals surface area contributed by atoms with Crippen LogP contribution in [0.25, 0.3) is 32.3 Å². The van der Waals surface area contributed by atoms with Crippen molar-refractivity contribution in [3.8, 4) is 0 Å². The molecule has 0 N–H and O–H groups in total. The topological polar surface area (TPSA) is 6.48 Å². The highest BCUT2D eigenvalue weighted by Crippen LogP contribution is 2.47. The van der Waals surface area contributed by atoms with Crippen LogP contribution in [0.15, 0.2) is 146 Å². The highest BCUT2D eigenvalue weighted by molar-refractivity contribution is 6.91. The van der Waals surface area contributed by atoms with Crippen LogP contribution < -0.4 is 20.2 Å². The van der Waals surface area contributed by atoms with E-state index < -0.39 is 16.1 Å². The van der Waals surface area contributed by atoms with Gasteiger partial charge in [-0.2, -0.15) is 0 Å². The number of para-hydroxylation sites is 2. The van der Waals surface area contributed by atoms with E-state index in [4.69, 9.17) is 0 Å². The van der Waals surface area contributed by atoms with Crippen molar-refractivity contribution in [2.75, 3.05) is 9.80 Å². The second kappa shape index (κ2) is 12.8. The van der Waals surface area contributed by atoms with Crippen LogP contribution in [0.1, 0.15) is 11.1 Å². The van der Waals surface area contributed by atoms with Gasteiger partial charge in [0, 0.05) is 33.5 Å². The van der Waals surface area contributed by atoms with E-state index in [1.165, 1.54) is 87.9 Å². The summed E-state index contributed by atoms with van der Waals surface area (Å²) < 4.78 is 0. The Hall–Kier alpha value is -5.17. The third-order valence-corrected chi connectivity index (χ3v) is 14.6. The number of anilines is 6. The fourth-order valence-corrected chi connectivity index (χ4v) is 11.3. The van der Waals surface area contributed by atoms with Crippen LogP contribution in [0, 0.1) is 13.8 Å². The first-order valence-corrected chi connectivity index (χ1v) is 25.5. The molecule has 8 aromatic carbocycles. The largest absolute Gasteiger partial charge is 0.310 e. The van der Waals surface area contributed by atoms with Crippen LogP contribution in [-0.2, 0) is 0 Å². The minimum atomic E-state index is -1.84. The SMILES string of the molecule is Cc1cccc(N(c2ccccc2)c2cc([Si](C)(C)C)c3ccc4c(N(c5ccccc5)c5cccc(C)c5)cc([Si](C)(C)C)c5ccc2c3c45)c1. The molecular formula is C48H48N2Si2. The Morgan fingerprint density at radius 3 is 1.04 bits per heavy atom. The van der Waals surface area contributed by atoms with Crippen LogP contribution in [0.4, 0.5) is 34.1 Å². The number of aryl methyl sites for hydroxylation is 2. The van der Waals surface area contributed by atoms with E-state index in [9.17, 15) is 0 Å². The molecule has 0 bridgehead atoms. The molecule has 0 aliphatic carbocycles. The van der Waals surface area contributed by atoms with Crippen LogP contribution in [0.3, 0.4) is 0 Å². The smallest absolute Gasteiger partial charge is 0.0785 e. The van der Waals surface area contributed by atoms with Crippen LogP contribution in [-0.4, -0.2) is 16.1 Å². The van der Waals surface area contributed by atoms with Gasteiger partial charge in [0.1, 0.15) is 0 Å². The maximum Gasteiger partial charge on any atom is 0.0785 e. The van der Waals surface area contributed by atoms with Crippen molar-refractivity contribution in [1.29, 1.82) is 0 Å². The third kappa shape index (κ3) is 5.90. The zero-order valence-electron chi connectivity index (χ0n) is 31.8. The van der Waals surface area contributed by atoms with Crippen LogP contribution in [0.2, 0.25) is 39.3 Å². The van der Waals surface area contributed by atoms with Gasteiger partial charge in [0.2, 0.25) is 0 Å². The van der Waals surface area contributed by atoms with Crippen LogP contribution in [0.5, 0.6) is 0 Å². The first kappa shape index (κ1) is 33.9. The molecule has 2 nitrogen and oxygen atoms in total. The van der Waals surface area contributed by atoms with E-state index >= 15 is 0 Å². The lowest BCUT2D eigenvalue weighted by Crippen LogP contribution is -2.39. The fraction of sp³-hybridized carbons (Fsp3) is 0.167. The Balaban J connectivity index is 1.56. The van der Waals surface area contributed by atoms with Gasteiger partial charge < -0.3 is 9.80 Å². The summed E-state index contributed by atoms with van der Waals surface area (Å²) in [6, 6.07) is 54.6. The Kier molecular flexibility index (Phi) is 8.36. The standard InChI is InChI=1S/C48H48N2Si2/c1-33-17-15-23-37(29-33)49(35-19-11-9-12-20-35)43-31-45(51(3,4)5)41-28-26-40-44(32-46(52(6,7)8)42-27-25-39(43)47(41)48(40)42)50(36-21-13-10-14-22-36)38-24-16-18-34(2)30-38/h9-32H,1-8H3. The molecule has 8 rings (SSSR count). The molecule has 0 radical (unpaired) electrons. The normalized spacial score (nSPS) is 12.2. The van der Waals surface area contributed by atoms with E-state index in [0.29, 0.717) is 0 Å². The monoisotopic (exact) mass is 708 g/mol. The van der Waals surface area contributed by atoms with Crippen LogP contribution >= 0.6 is 0 Å². The molecule has 0 amide bonds. The second-order valence-electron chi connectivity index (χ2n) is 16.5. The molecule has 0 unspecified atom stereocenters. The minimum Gasteiger partial charge on any atom is -0.310 e. The zero-order chi connectivity index (χ0) is 36.4. The van der Waals surface area contributed by atoms with Gasteiger partial charge in [0.25, 0.3) is 0 Å². The van der Waals surface area contributed by atoms with Gasteiger partial charge in [-0.15, -0.1) is 0 Å². The number of hydrogen-bond acceptors (Lipinski definition) is 2. The quantitative estimate of drug-likeness (QED) is 0.115. The average molecular weight is 709 g/mol. The molecule has 0 aromatic heterocycles. The summed E-state index contributed by atoms with van der Waals surface area (Å²) in [5.41, 5.74) is 9.70. The molecule has 8 aromatic rings. The lowest BCUT2D eigenvalue weighted by molar-refractivity contribution is 1.28. The molecule has 0 aliphatic heterocycles. The molecule has 52 heavy (non-hydrogen) atoms. The molecule has 258 valence electrons. The van der Waals surface area contributed by atoms with Crippen molar-refractivity contribution < 1.29 is 0 Å². The summed E-state index contributed by atoms with van der Waals surface area (Å²) in [7, 11) is -3.68. The molecule has 0 spiro atoms. The summed E-state index contributed by atoms with van der Waals surface area (Å²) >= 11 is 0. The lowest BCUT2D eigenvalue weighted by Gasteiger charge is -2.33. The molecule has 0 aliphatic rings. The van der Waals surface area contributed by atoms with Gasteiger partial charge in [-0.05, 0) is 107 Å². The molecule has 0 saturated heterocycles. The van der Waals surface area contributed by atoms with Crippen molar-refractivity contribution in [1.82, 2.24) is 0 Å². The summed E-state index contributed by atoms with van der Waals surface area (Å²) in [6.07, 6.45) is 0. The summed E-state index contributed by atoms with van der Waals surface area (Å²) in [5, 5.41) is 11.1. The second-order valence-corrected chi connectivity index (χ2v) is 26.6. The van der Waals surface area contributed by atoms with E-state index in [0.717, 1.165) is 0 Å². The Bertz CT molecular complexity index is 2380. The minimum absolute atomic E-state index is 1.17. The molecule has 0 fully saturated rings.